The van der Waals surface area contributed by atoms with Crippen LogP contribution in [0.25, 0.3) is 0 Å². The van der Waals surface area contributed by atoms with E-state index in [4.69, 9.17) is 4.74 Å². The lowest BCUT2D eigenvalue weighted by molar-refractivity contribution is 0.448. The quantitative estimate of drug-likeness (QED) is 0.902. The van der Waals surface area contributed by atoms with Crippen molar-refractivity contribution < 1.29 is 9.13 Å². The molecule has 4 nitrogen and oxygen atoms in total. The number of ether oxygens (including phenoxy) is 1. The highest BCUT2D eigenvalue weighted by molar-refractivity contribution is 9.10. The van der Waals surface area contributed by atoms with Crippen LogP contribution < -0.4 is 10.1 Å². The molecule has 0 saturated carbocycles. The summed E-state index contributed by atoms with van der Waals surface area (Å²) in [5.74, 6) is 0.329. The number of hydrogen-bond donors (Lipinski definition) is 1. The molecule has 0 atom stereocenters. The van der Waals surface area contributed by atoms with Crippen LogP contribution in [-0.2, 0) is 6.54 Å². The molecule has 0 unspecified atom stereocenters. The molecule has 1 heterocycles. The normalized spacial score (nSPS) is 10.8. The smallest absolute Gasteiger partial charge is 0.238 e. The van der Waals surface area contributed by atoms with Gasteiger partial charge in [-0.1, -0.05) is 29.8 Å². The van der Waals surface area contributed by atoms with Gasteiger partial charge in [-0.3, -0.25) is 0 Å². The van der Waals surface area contributed by atoms with Gasteiger partial charge in [-0.15, -0.1) is 5.10 Å². The highest BCUT2D eigenvalue weighted by Crippen LogP contribution is 2.24. The molecule has 1 aromatic carbocycles. The Hall–Kier alpha value is -1.53. The van der Waals surface area contributed by atoms with E-state index in [1.165, 1.54) is 12.1 Å². The summed E-state index contributed by atoms with van der Waals surface area (Å²) in [6, 6.07) is 8.24. The van der Waals surface area contributed by atoms with Gasteiger partial charge in [0.15, 0.2) is 0 Å². The lowest BCUT2D eigenvalue weighted by atomic mass is 10.3. The monoisotopic (exact) mass is 339 g/mol. The molecule has 20 heavy (non-hydrogen) atoms. The Morgan fingerprint density at radius 2 is 2.05 bits per heavy atom. The Balaban J connectivity index is 2.03. The number of hydrogen-bond acceptors (Lipinski definition) is 4. The molecule has 0 spiro atoms. The maximum atomic E-state index is 13.2. The van der Waals surface area contributed by atoms with Crippen molar-refractivity contribution in [3.63, 3.8) is 0 Å². The summed E-state index contributed by atoms with van der Waals surface area (Å²) in [7, 11) is 0. The molecule has 1 N–H and O–H groups in total. The second kappa shape index (κ2) is 6.76. The van der Waals surface area contributed by atoms with Crippen LogP contribution in [0.1, 0.15) is 19.5 Å². The molecule has 0 aliphatic rings. The Bertz CT molecular complexity index is 555. The van der Waals surface area contributed by atoms with E-state index in [1.54, 1.807) is 12.1 Å². The predicted octanol–water partition coefficient (Wildman–Crippen LogP) is 3.67. The van der Waals surface area contributed by atoms with Crippen LogP contribution in [0.5, 0.6) is 11.6 Å². The third-order valence-corrected chi connectivity index (χ3v) is 2.90. The standard InChI is InChI=1S/C14H15BrFN3O/c1-9(2)17-8-12-3-4-14(19-18-12)20-13-6-10(15)5-11(16)7-13/h3-7,9,17H,8H2,1-2H3. The second-order valence-electron chi connectivity index (χ2n) is 4.61. The van der Waals surface area contributed by atoms with Crippen LogP contribution in [0.15, 0.2) is 34.8 Å². The van der Waals surface area contributed by atoms with Gasteiger partial charge < -0.3 is 10.1 Å². The number of nitrogens with one attached hydrogen (secondary N) is 1. The van der Waals surface area contributed by atoms with Gasteiger partial charge in [0.05, 0.1) is 5.69 Å². The van der Waals surface area contributed by atoms with Gasteiger partial charge in [-0.2, -0.15) is 5.10 Å². The van der Waals surface area contributed by atoms with Crippen LogP contribution in [0, 0.1) is 5.82 Å². The zero-order valence-corrected chi connectivity index (χ0v) is 12.8. The molecule has 6 heteroatoms. The van der Waals surface area contributed by atoms with Crippen LogP contribution in [0.3, 0.4) is 0 Å². The Morgan fingerprint density at radius 1 is 1.25 bits per heavy atom. The van der Waals surface area contributed by atoms with Gasteiger partial charge in [0, 0.05) is 29.2 Å². The maximum Gasteiger partial charge on any atom is 0.238 e. The lowest BCUT2D eigenvalue weighted by Gasteiger charge is -2.08. The Morgan fingerprint density at radius 3 is 2.65 bits per heavy atom. The van der Waals surface area contributed by atoms with E-state index in [0.29, 0.717) is 28.7 Å². The maximum absolute atomic E-state index is 13.2. The number of rotatable bonds is 5. The first kappa shape index (κ1) is 14.9. The van der Waals surface area contributed by atoms with Gasteiger partial charge in [-0.25, -0.2) is 4.39 Å². The minimum Gasteiger partial charge on any atom is -0.437 e. The van der Waals surface area contributed by atoms with Gasteiger partial charge in [0.2, 0.25) is 5.88 Å². The fourth-order valence-electron chi connectivity index (χ4n) is 1.51. The summed E-state index contributed by atoms with van der Waals surface area (Å²) in [6.07, 6.45) is 0. The predicted molar refractivity (Wildman–Crippen MR) is 78.2 cm³/mol. The van der Waals surface area contributed by atoms with Gasteiger partial charge in [-0.05, 0) is 18.2 Å². The van der Waals surface area contributed by atoms with Gasteiger partial charge in [0.1, 0.15) is 11.6 Å². The van der Waals surface area contributed by atoms with E-state index in [2.05, 4.69) is 45.3 Å². The summed E-state index contributed by atoms with van der Waals surface area (Å²) in [5.41, 5.74) is 0.825. The number of benzene rings is 1. The van der Waals surface area contributed by atoms with E-state index < -0.39 is 0 Å². The summed E-state index contributed by atoms with van der Waals surface area (Å²) in [6.45, 7) is 4.77. The zero-order chi connectivity index (χ0) is 14.5. The Kier molecular flexibility index (Phi) is 5.03. The van der Waals surface area contributed by atoms with Crippen molar-refractivity contribution in [1.82, 2.24) is 15.5 Å². The van der Waals surface area contributed by atoms with E-state index >= 15 is 0 Å². The Labute approximate surface area is 125 Å². The molecule has 0 bridgehead atoms. The summed E-state index contributed by atoms with van der Waals surface area (Å²) < 4.78 is 19.3. The van der Waals surface area contributed by atoms with Gasteiger partial charge >= 0.3 is 0 Å². The summed E-state index contributed by atoms with van der Waals surface area (Å²) >= 11 is 3.21. The van der Waals surface area contributed by atoms with Crippen molar-refractivity contribution in [2.24, 2.45) is 0 Å². The number of halogens is 2. The summed E-state index contributed by atoms with van der Waals surface area (Å²) in [5, 5.41) is 11.3. The number of nitrogens with zero attached hydrogens (tertiary/aromatic N) is 2. The molecule has 2 aromatic rings. The van der Waals surface area contributed by atoms with Crippen molar-refractivity contribution >= 4 is 15.9 Å². The average molecular weight is 340 g/mol. The molecule has 0 radical (unpaired) electrons. The third kappa shape index (κ3) is 4.54. The summed E-state index contributed by atoms with van der Waals surface area (Å²) in [4.78, 5) is 0. The molecule has 0 aliphatic carbocycles. The zero-order valence-electron chi connectivity index (χ0n) is 11.2. The fraction of sp³-hybridized carbons (Fsp3) is 0.286. The first-order valence-electron chi connectivity index (χ1n) is 6.23. The molecule has 0 saturated heterocycles. The molecule has 0 fully saturated rings. The molecule has 0 amide bonds. The molecule has 0 aliphatic heterocycles. The SMILES string of the molecule is CC(C)NCc1ccc(Oc2cc(F)cc(Br)c2)nn1. The minimum atomic E-state index is -0.375. The van der Waals surface area contributed by atoms with Crippen LogP contribution in [0.2, 0.25) is 0 Å². The molecule has 1 aromatic heterocycles. The molecular formula is C14H15BrFN3O. The highest BCUT2D eigenvalue weighted by Gasteiger charge is 2.04. The topological polar surface area (TPSA) is 47.0 Å². The van der Waals surface area contributed by atoms with Crippen molar-refractivity contribution in [3.8, 4) is 11.6 Å². The van der Waals surface area contributed by atoms with Crippen LogP contribution in [0.4, 0.5) is 4.39 Å². The van der Waals surface area contributed by atoms with E-state index in [1.807, 2.05) is 6.07 Å². The second-order valence-corrected chi connectivity index (χ2v) is 5.52. The van der Waals surface area contributed by atoms with E-state index in [0.717, 1.165) is 5.69 Å². The van der Waals surface area contributed by atoms with Crippen molar-refractivity contribution in [2.45, 2.75) is 26.4 Å². The highest BCUT2D eigenvalue weighted by atomic mass is 79.9. The average Bonchev–Trinajstić information content (AvgIpc) is 2.36. The van der Waals surface area contributed by atoms with Crippen molar-refractivity contribution in [1.29, 1.82) is 0 Å². The minimum absolute atomic E-state index is 0.329. The third-order valence-electron chi connectivity index (χ3n) is 2.45. The first-order chi connectivity index (χ1) is 9.52. The number of aromatic nitrogens is 2. The van der Waals surface area contributed by atoms with E-state index in [9.17, 15) is 4.39 Å². The first-order valence-corrected chi connectivity index (χ1v) is 7.02. The lowest BCUT2D eigenvalue weighted by Crippen LogP contribution is -2.22. The molecule has 2 rings (SSSR count). The fourth-order valence-corrected chi connectivity index (χ4v) is 1.96. The largest absolute Gasteiger partial charge is 0.437 e. The molecule has 106 valence electrons. The van der Waals surface area contributed by atoms with Crippen LogP contribution >= 0.6 is 15.9 Å². The van der Waals surface area contributed by atoms with Crippen LogP contribution in [-0.4, -0.2) is 16.2 Å². The van der Waals surface area contributed by atoms with Gasteiger partial charge in [0.25, 0.3) is 0 Å². The van der Waals surface area contributed by atoms with E-state index in [-0.39, 0.29) is 5.82 Å². The molecular weight excluding hydrogens is 325 g/mol. The van der Waals surface area contributed by atoms with Crippen molar-refractivity contribution in [2.75, 3.05) is 0 Å². The van der Waals surface area contributed by atoms with Crippen molar-refractivity contribution in [3.05, 3.63) is 46.3 Å².